The van der Waals surface area contributed by atoms with Crippen LogP contribution in [0.25, 0.3) is 0 Å². The molecule has 0 aliphatic carbocycles. The lowest BCUT2D eigenvalue weighted by atomic mass is 10.4. The number of rotatable bonds is 2. The summed E-state index contributed by atoms with van der Waals surface area (Å²) >= 11 is 0. The maximum absolute atomic E-state index is 5.46. The second-order valence-electron chi connectivity index (χ2n) is 3.77. The van der Waals surface area contributed by atoms with E-state index >= 15 is 0 Å². The lowest BCUT2D eigenvalue weighted by molar-refractivity contribution is 0.593. The van der Waals surface area contributed by atoms with Gasteiger partial charge in [0, 0.05) is 12.1 Å². The zero-order valence-corrected chi connectivity index (χ0v) is 8.35. The topological polar surface area (TPSA) is 39.2 Å². The van der Waals surface area contributed by atoms with Gasteiger partial charge < -0.3 is 10.2 Å². The van der Waals surface area contributed by atoms with E-state index in [1.807, 2.05) is 0 Å². The molecule has 0 spiro atoms. The first kappa shape index (κ1) is 8.55. The Morgan fingerprint density at radius 1 is 1.45 bits per heavy atom. The van der Waals surface area contributed by atoms with Gasteiger partial charge in [-0.05, 0) is 6.07 Å². The van der Waals surface area contributed by atoms with Gasteiger partial charge in [-0.1, -0.05) is 19.6 Å². The van der Waals surface area contributed by atoms with Gasteiger partial charge in [0.1, 0.15) is 8.07 Å². The molecule has 1 aromatic heterocycles. The molecule has 62 valence electrons. The van der Waals surface area contributed by atoms with Gasteiger partial charge >= 0.3 is 0 Å². The molecule has 3 heteroatoms. The second-order valence-corrected chi connectivity index (χ2v) is 8.77. The second kappa shape index (κ2) is 2.83. The van der Waals surface area contributed by atoms with Crippen molar-refractivity contribution in [3.05, 3.63) is 17.9 Å². The van der Waals surface area contributed by atoms with Crippen LogP contribution in [0.2, 0.25) is 19.6 Å². The molecule has 0 radical (unpaired) electrons. The first-order valence-electron chi connectivity index (χ1n) is 3.82. The molecular formula is C8H15NOSi. The fraction of sp³-hybridized carbons (Fsp3) is 0.500. The molecule has 0 aromatic carbocycles. The summed E-state index contributed by atoms with van der Waals surface area (Å²) in [7, 11) is -1.25. The van der Waals surface area contributed by atoms with Crippen molar-refractivity contribution in [3.63, 3.8) is 0 Å². The average Bonchev–Trinajstić information content (AvgIpc) is 2.32. The van der Waals surface area contributed by atoms with Gasteiger partial charge in [0.05, 0.1) is 11.6 Å². The molecule has 0 unspecified atom stereocenters. The molecule has 2 nitrogen and oxygen atoms in total. The maximum Gasteiger partial charge on any atom is 0.123 e. The van der Waals surface area contributed by atoms with Crippen molar-refractivity contribution < 1.29 is 4.42 Å². The standard InChI is InChI=1S/C8H15NOSi/c1-11(2,3)8-4-7(5-9)6-10-8/h4,6H,5,9H2,1-3H3. The van der Waals surface area contributed by atoms with Gasteiger partial charge in [-0.2, -0.15) is 0 Å². The molecule has 0 saturated carbocycles. The van der Waals surface area contributed by atoms with E-state index in [1.54, 1.807) is 6.26 Å². The molecule has 0 fully saturated rings. The van der Waals surface area contributed by atoms with Crippen molar-refractivity contribution in [2.24, 2.45) is 5.73 Å². The monoisotopic (exact) mass is 169 g/mol. The highest BCUT2D eigenvalue weighted by molar-refractivity contribution is 6.87. The highest BCUT2D eigenvalue weighted by Gasteiger charge is 2.20. The third kappa shape index (κ3) is 1.94. The van der Waals surface area contributed by atoms with Crippen LogP contribution in [0.4, 0.5) is 0 Å². The van der Waals surface area contributed by atoms with Crippen molar-refractivity contribution in [1.29, 1.82) is 0 Å². The minimum Gasteiger partial charge on any atom is -0.474 e. The van der Waals surface area contributed by atoms with E-state index in [0.29, 0.717) is 6.54 Å². The molecule has 0 bridgehead atoms. The SMILES string of the molecule is C[Si](C)(C)c1cc(CN)co1. The lowest BCUT2D eigenvalue weighted by Gasteiger charge is -2.10. The van der Waals surface area contributed by atoms with E-state index in [1.165, 1.54) is 0 Å². The van der Waals surface area contributed by atoms with Crippen LogP contribution in [0.3, 0.4) is 0 Å². The van der Waals surface area contributed by atoms with Crippen LogP contribution in [-0.4, -0.2) is 8.07 Å². The zero-order valence-electron chi connectivity index (χ0n) is 7.35. The van der Waals surface area contributed by atoms with E-state index in [9.17, 15) is 0 Å². The molecule has 1 heterocycles. The summed E-state index contributed by atoms with van der Waals surface area (Å²) in [5, 5.41) is 1.14. The van der Waals surface area contributed by atoms with Crippen molar-refractivity contribution in [3.8, 4) is 0 Å². The third-order valence-electron chi connectivity index (χ3n) is 1.63. The molecule has 0 atom stereocenters. The van der Waals surface area contributed by atoms with Crippen LogP contribution < -0.4 is 11.1 Å². The van der Waals surface area contributed by atoms with E-state index in [4.69, 9.17) is 10.2 Å². The Morgan fingerprint density at radius 3 is 2.36 bits per heavy atom. The average molecular weight is 169 g/mol. The molecule has 0 amide bonds. The van der Waals surface area contributed by atoms with Crippen LogP contribution in [0.1, 0.15) is 5.56 Å². The first-order valence-corrected chi connectivity index (χ1v) is 7.32. The molecular weight excluding hydrogens is 154 g/mol. The van der Waals surface area contributed by atoms with Crippen molar-refractivity contribution in [2.75, 3.05) is 0 Å². The number of nitrogens with two attached hydrogens (primary N) is 1. The smallest absolute Gasteiger partial charge is 0.123 e. The van der Waals surface area contributed by atoms with Crippen molar-refractivity contribution in [2.45, 2.75) is 26.2 Å². The fourth-order valence-corrected chi connectivity index (χ4v) is 1.91. The Morgan fingerprint density at radius 2 is 2.09 bits per heavy atom. The summed E-state index contributed by atoms with van der Waals surface area (Å²) in [6.45, 7) is 7.35. The predicted molar refractivity (Wildman–Crippen MR) is 49.6 cm³/mol. The Balaban J connectivity index is 2.89. The molecule has 1 rings (SSSR count). The van der Waals surface area contributed by atoms with E-state index in [-0.39, 0.29) is 0 Å². The van der Waals surface area contributed by atoms with Gasteiger partial charge in [-0.25, -0.2) is 0 Å². The van der Waals surface area contributed by atoms with E-state index < -0.39 is 8.07 Å². The first-order chi connectivity index (χ1) is 5.04. The highest BCUT2D eigenvalue weighted by atomic mass is 28.3. The minimum absolute atomic E-state index is 0.577. The molecule has 2 N–H and O–H groups in total. The summed E-state index contributed by atoms with van der Waals surface area (Å²) in [6, 6.07) is 2.08. The van der Waals surface area contributed by atoms with Gasteiger partial charge in [-0.15, -0.1) is 0 Å². The summed E-state index contributed by atoms with van der Waals surface area (Å²) in [6.07, 6.45) is 1.76. The summed E-state index contributed by atoms with van der Waals surface area (Å²) in [5.74, 6) is 0. The molecule has 0 aliphatic rings. The predicted octanol–water partition coefficient (Wildman–Crippen LogP) is 1.28. The summed E-state index contributed by atoms with van der Waals surface area (Å²) in [4.78, 5) is 0. The van der Waals surface area contributed by atoms with Crippen LogP contribution >= 0.6 is 0 Å². The molecule has 0 aliphatic heterocycles. The van der Waals surface area contributed by atoms with Crippen LogP contribution in [0.15, 0.2) is 16.7 Å². The minimum atomic E-state index is -1.25. The van der Waals surface area contributed by atoms with Gasteiger partial charge in [-0.3, -0.25) is 0 Å². The fourth-order valence-electron chi connectivity index (χ4n) is 0.876. The summed E-state index contributed by atoms with van der Waals surface area (Å²) in [5.41, 5.74) is 6.56. The Bertz CT molecular complexity index is 236. The molecule has 11 heavy (non-hydrogen) atoms. The third-order valence-corrected chi connectivity index (χ3v) is 3.37. The van der Waals surface area contributed by atoms with Crippen LogP contribution in [0, 0.1) is 0 Å². The van der Waals surface area contributed by atoms with Gasteiger partial charge in [0.2, 0.25) is 0 Å². The molecule has 1 aromatic rings. The van der Waals surface area contributed by atoms with Crippen LogP contribution in [-0.2, 0) is 6.54 Å². The quantitative estimate of drug-likeness (QED) is 0.677. The summed E-state index contributed by atoms with van der Waals surface area (Å²) < 4.78 is 5.40. The Labute approximate surface area is 68.4 Å². The van der Waals surface area contributed by atoms with Gasteiger partial charge in [0.15, 0.2) is 0 Å². The Kier molecular flexibility index (Phi) is 2.20. The number of hydrogen-bond acceptors (Lipinski definition) is 2. The van der Waals surface area contributed by atoms with E-state index in [0.717, 1.165) is 10.9 Å². The maximum atomic E-state index is 5.46. The Hall–Kier alpha value is -0.543. The normalized spacial score (nSPS) is 12.0. The van der Waals surface area contributed by atoms with Crippen molar-refractivity contribution in [1.82, 2.24) is 0 Å². The zero-order chi connectivity index (χ0) is 8.48. The number of furan rings is 1. The van der Waals surface area contributed by atoms with Gasteiger partial charge in [0.25, 0.3) is 0 Å². The molecule has 0 saturated heterocycles. The lowest BCUT2D eigenvalue weighted by Crippen LogP contribution is -2.36. The largest absolute Gasteiger partial charge is 0.474 e. The highest BCUT2D eigenvalue weighted by Crippen LogP contribution is 2.05. The van der Waals surface area contributed by atoms with E-state index in [2.05, 4.69) is 25.7 Å². The van der Waals surface area contributed by atoms with Crippen molar-refractivity contribution >= 4 is 13.5 Å². The number of hydrogen-bond donors (Lipinski definition) is 1. The van der Waals surface area contributed by atoms with Crippen LogP contribution in [0.5, 0.6) is 0 Å².